The largest absolute Gasteiger partial charge is 0.493 e. The number of allylic oxidation sites excluding steroid dienone is 2. The third-order valence-electron chi connectivity index (χ3n) is 5.95. The summed E-state index contributed by atoms with van der Waals surface area (Å²) in [4.78, 5) is 2.59. The fourth-order valence-electron chi connectivity index (χ4n) is 4.34. The average molecular weight is 425 g/mol. The number of halogens is 2. The van der Waals surface area contributed by atoms with Crippen LogP contribution in [0.25, 0.3) is 0 Å². The van der Waals surface area contributed by atoms with Crippen molar-refractivity contribution in [2.75, 3.05) is 39.3 Å². The Labute approximate surface area is 182 Å². The van der Waals surface area contributed by atoms with Crippen molar-refractivity contribution in [3.8, 4) is 5.75 Å². The van der Waals surface area contributed by atoms with E-state index in [1.54, 1.807) is 0 Å². The van der Waals surface area contributed by atoms with Gasteiger partial charge in [0.05, 0.1) is 6.61 Å². The molecule has 156 valence electrons. The van der Waals surface area contributed by atoms with E-state index in [0.29, 0.717) is 5.92 Å². The molecule has 4 rings (SSSR count). The highest BCUT2D eigenvalue weighted by molar-refractivity contribution is 5.85. The summed E-state index contributed by atoms with van der Waals surface area (Å²) in [6.45, 7) is 6.63. The minimum absolute atomic E-state index is 0. The molecule has 0 aromatic heterocycles. The van der Waals surface area contributed by atoms with Crippen molar-refractivity contribution in [1.82, 2.24) is 10.2 Å². The highest BCUT2D eigenvalue weighted by atomic mass is 35.5. The smallest absolute Gasteiger partial charge is 0.119 e. The molecule has 5 heteroatoms. The van der Waals surface area contributed by atoms with Crippen LogP contribution in [-0.4, -0.2) is 44.2 Å². The molecule has 1 N–H and O–H groups in total. The Bertz CT molecular complexity index is 669. The summed E-state index contributed by atoms with van der Waals surface area (Å²) in [6, 6.07) is 6.69. The van der Waals surface area contributed by atoms with Gasteiger partial charge in [0.25, 0.3) is 0 Å². The number of nitrogens with one attached hydrogen (secondary N) is 1. The van der Waals surface area contributed by atoms with Gasteiger partial charge in [-0.15, -0.1) is 24.8 Å². The Hall–Kier alpha value is -1.000. The van der Waals surface area contributed by atoms with E-state index in [4.69, 9.17) is 4.74 Å². The lowest BCUT2D eigenvalue weighted by atomic mass is 9.92. The molecule has 1 unspecified atom stereocenters. The normalized spacial score (nSPS) is 21.7. The molecule has 0 bridgehead atoms. The molecule has 1 aromatic carbocycles. The zero-order valence-corrected chi connectivity index (χ0v) is 18.3. The number of hydrogen-bond acceptors (Lipinski definition) is 3. The van der Waals surface area contributed by atoms with Gasteiger partial charge in [-0.2, -0.15) is 0 Å². The summed E-state index contributed by atoms with van der Waals surface area (Å²) >= 11 is 0. The molecule has 1 fully saturated rings. The van der Waals surface area contributed by atoms with E-state index in [-0.39, 0.29) is 24.8 Å². The standard InChI is InChI=1S/C23H32N2O.2ClH/c1-2-4-22-17-23(10-9-21(22)3-1)26-16-11-19-5-7-20(8-6-19)18-25-14-12-24-13-15-25;;/h5-7,9-10,17,20,24H,1-4,8,11-16,18H2;2*1H. The Morgan fingerprint density at radius 3 is 2.57 bits per heavy atom. The molecule has 1 heterocycles. The Morgan fingerprint density at radius 2 is 1.82 bits per heavy atom. The van der Waals surface area contributed by atoms with Gasteiger partial charge in [-0.1, -0.05) is 24.3 Å². The summed E-state index contributed by atoms with van der Waals surface area (Å²) in [5.74, 6) is 1.72. The lowest BCUT2D eigenvalue weighted by Gasteiger charge is -2.30. The molecule has 1 aromatic rings. The van der Waals surface area contributed by atoms with E-state index in [1.165, 1.54) is 68.4 Å². The first-order chi connectivity index (χ1) is 12.9. The van der Waals surface area contributed by atoms with Crippen molar-refractivity contribution in [2.24, 2.45) is 5.92 Å². The molecule has 0 amide bonds. The first-order valence-corrected chi connectivity index (χ1v) is 10.4. The van der Waals surface area contributed by atoms with Crippen LogP contribution in [0.4, 0.5) is 0 Å². The zero-order chi connectivity index (χ0) is 17.6. The lowest BCUT2D eigenvalue weighted by Crippen LogP contribution is -2.45. The third kappa shape index (κ3) is 6.52. The number of rotatable bonds is 6. The van der Waals surface area contributed by atoms with Gasteiger partial charge >= 0.3 is 0 Å². The summed E-state index contributed by atoms with van der Waals surface area (Å²) < 4.78 is 6.03. The molecular formula is C23H34Cl2N2O. The number of benzene rings is 1. The van der Waals surface area contributed by atoms with Gasteiger partial charge in [0, 0.05) is 39.1 Å². The maximum atomic E-state index is 6.03. The second-order valence-corrected chi connectivity index (χ2v) is 7.92. The van der Waals surface area contributed by atoms with Crippen LogP contribution in [-0.2, 0) is 12.8 Å². The number of ether oxygens (including phenoxy) is 1. The van der Waals surface area contributed by atoms with Crippen LogP contribution in [0.15, 0.2) is 42.0 Å². The second kappa shape index (κ2) is 11.9. The number of aryl methyl sites for hydroxylation is 2. The third-order valence-corrected chi connectivity index (χ3v) is 5.95. The fourth-order valence-corrected chi connectivity index (χ4v) is 4.34. The summed E-state index contributed by atoms with van der Waals surface area (Å²) in [5, 5.41) is 3.43. The summed E-state index contributed by atoms with van der Waals surface area (Å²) in [7, 11) is 0. The van der Waals surface area contributed by atoms with Crippen molar-refractivity contribution >= 4 is 24.8 Å². The zero-order valence-electron chi connectivity index (χ0n) is 16.7. The predicted octanol–water partition coefficient (Wildman–Crippen LogP) is 4.59. The molecule has 3 aliphatic rings. The van der Waals surface area contributed by atoms with Crippen molar-refractivity contribution < 1.29 is 4.74 Å². The van der Waals surface area contributed by atoms with Gasteiger partial charge in [0.15, 0.2) is 0 Å². The molecule has 1 aliphatic heterocycles. The Morgan fingerprint density at radius 1 is 1.04 bits per heavy atom. The van der Waals surface area contributed by atoms with Crippen LogP contribution in [0, 0.1) is 5.92 Å². The maximum Gasteiger partial charge on any atom is 0.119 e. The van der Waals surface area contributed by atoms with Crippen molar-refractivity contribution in [3.63, 3.8) is 0 Å². The molecule has 1 saturated heterocycles. The van der Waals surface area contributed by atoms with Crippen LogP contribution in [0.1, 0.15) is 36.8 Å². The van der Waals surface area contributed by atoms with Crippen molar-refractivity contribution in [2.45, 2.75) is 38.5 Å². The molecule has 2 aliphatic carbocycles. The topological polar surface area (TPSA) is 24.5 Å². The summed E-state index contributed by atoms with van der Waals surface area (Å²) in [5.41, 5.74) is 4.46. The van der Waals surface area contributed by atoms with Gasteiger partial charge in [0.1, 0.15) is 5.75 Å². The molecule has 0 radical (unpaired) electrons. The maximum absolute atomic E-state index is 6.03. The second-order valence-electron chi connectivity index (χ2n) is 7.92. The van der Waals surface area contributed by atoms with Gasteiger partial charge in [0.2, 0.25) is 0 Å². The van der Waals surface area contributed by atoms with E-state index in [9.17, 15) is 0 Å². The number of hydrogen-bond donors (Lipinski definition) is 1. The summed E-state index contributed by atoms with van der Waals surface area (Å²) in [6.07, 6.45) is 14.5. The van der Waals surface area contributed by atoms with Crippen LogP contribution in [0.3, 0.4) is 0 Å². The first kappa shape index (κ1) is 23.3. The monoisotopic (exact) mass is 424 g/mol. The van der Waals surface area contributed by atoms with Gasteiger partial charge < -0.3 is 15.0 Å². The molecule has 28 heavy (non-hydrogen) atoms. The van der Waals surface area contributed by atoms with E-state index in [2.05, 4.69) is 46.6 Å². The SMILES string of the molecule is C1=CC(CN2CCNCC2)CC=C1CCOc1ccc2c(c1)CCCC2.Cl.Cl. The van der Waals surface area contributed by atoms with E-state index >= 15 is 0 Å². The first-order valence-electron chi connectivity index (χ1n) is 10.4. The number of fused-ring (bicyclic) bond motifs is 1. The molecule has 3 nitrogen and oxygen atoms in total. The molecule has 0 spiro atoms. The van der Waals surface area contributed by atoms with Crippen molar-refractivity contribution in [3.05, 3.63) is 53.1 Å². The Kier molecular flexibility index (Phi) is 9.87. The van der Waals surface area contributed by atoms with Gasteiger partial charge in [-0.05, 0) is 66.9 Å². The van der Waals surface area contributed by atoms with Crippen LogP contribution in [0.5, 0.6) is 5.75 Å². The number of piperazine rings is 1. The van der Waals surface area contributed by atoms with Crippen molar-refractivity contribution in [1.29, 1.82) is 0 Å². The number of nitrogens with zero attached hydrogens (tertiary/aromatic N) is 1. The fraction of sp³-hybridized carbons (Fsp3) is 0.565. The molecule has 0 saturated carbocycles. The van der Waals surface area contributed by atoms with Gasteiger partial charge in [-0.25, -0.2) is 0 Å². The molecular weight excluding hydrogens is 391 g/mol. The van der Waals surface area contributed by atoms with Crippen LogP contribution < -0.4 is 10.1 Å². The van der Waals surface area contributed by atoms with E-state index in [1.807, 2.05) is 0 Å². The predicted molar refractivity (Wildman–Crippen MR) is 122 cm³/mol. The van der Waals surface area contributed by atoms with E-state index < -0.39 is 0 Å². The van der Waals surface area contributed by atoms with Gasteiger partial charge in [-0.3, -0.25) is 0 Å². The lowest BCUT2D eigenvalue weighted by molar-refractivity contribution is 0.219. The minimum Gasteiger partial charge on any atom is -0.493 e. The Balaban J connectivity index is 0.00000140. The minimum atomic E-state index is 0. The highest BCUT2D eigenvalue weighted by Gasteiger charge is 2.16. The highest BCUT2D eigenvalue weighted by Crippen LogP contribution is 2.26. The average Bonchev–Trinajstić information content (AvgIpc) is 2.70. The quantitative estimate of drug-likeness (QED) is 0.722. The van der Waals surface area contributed by atoms with Crippen LogP contribution >= 0.6 is 24.8 Å². The van der Waals surface area contributed by atoms with E-state index in [0.717, 1.165) is 31.9 Å². The molecule has 1 atom stereocenters. The van der Waals surface area contributed by atoms with Crippen LogP contribution in [0.2, 0.25) is 0 Å².